The van der Waals surface area contributed by atoms with Crippen LogP contribution in [-0.4, -0.2) is 88.7 Å². The molecule has 0 bridgehead atoms. The van der Waals surface area contributed by atoms with E-state index in [0.717, 1.165) is 11.1 Å². The molecule has 0 radical (unpaired) electrons. The van der Waals surface area contributed by atoms with Crippen molar-refractivity contribution in [1.82, 2.24) is 19.8 Å². The summed E-state index contributed by atoms with van der Waals surface area (Å²) < 4.78 is 46.5. The van der Waals surface area contributed by atoms with Crippen LogP contribution in [0.4, 0.5) is 24.7 Å². The van der Waals surface area contributed by atoms with E-state index in [0.29, 0.717) is 56.2 Å². The molecule has 0 aliphatic carbocycles. The number of carbonyl (C=O) groups is 2. The Kier molecular flexibility index (Phi) is 9.73. The van der Waals surface area contributed by atoms with Crippen LogP contribution in [0.5, 0.6) is 0 Å². The van der Waals surface area contributed by atoms with E-state index in [9.17, 15) is 22.8 Å². The van der Waals surface area contributed by atoms with E-state index >= 15 is 0 Å². The van der Waals surface area contributed by atoms with Gasteiger partial charge in [-0.15, -0.1) is 0 Å². The van der Waals surface area contributed by atoms with Crippen molar-refractivity contribution in [2.75, 3.05) is 49.5 Å². The monoisotopic (exact) mass is 624 g/mol. The highest BCUT2D eigenvalue weighted by molar-refractivity contribution is 6.02. The number of amides is 1. The molecule has 45 heavy (non-hydrogen) atoms. The van der Waals surface area contributed by atoms with Gasteiger partial charge in [-0.25, -0.2) is 9.97 Å². The number of aromatic nitrogens is 2. The van der Waals surface area contributed by atoms with Gasteiger partial charge in [0.15, 0.2) is 0 Å². The summed E-state index contributed by atoms with van der Waals surface area (Å²) in [5.41, 5.74) is 2.46. The second kappa shape index (κ2) is 13.5. The fourth-order valence-corrected chi connectivity index (χ4v) is 5.79. The molecule has 1 amide bonds. The number of nitrogens with one attached hydrogen (secondary N) is 1. The molecule has 2 aliphatic heterocycles. The van der Waals surface area contributed by atoms with Gasteiger partial charge in [-0.05, 0) is 69.0 Å². The van der Waals surface area contributed by atoms with Gasteiger partial charge < -0.3 is 15.0 Å². The normalized spacial score (nSPS) is 18.2. The Morgan fingerprint density at radius 1 is 0.956 bits per heavy atom. The first-order valence-electron chi connectivity index (χ1n) is 15.2. The lowest BCUT2D eigenvalue weighted by atomic mass is 9.98. The van der Waals surface area contributed by atoms with Crippen LogP contribution in [0, 0.1) is 0 Å². The molecule has 9 nitrogen and oxygen atoms in total. The van der Waals surface area contributed by atoms with Crippen LogP contribution >= 0.6 is 0 Å². The van der Waals surface area contributed by atoms with Gasteiger partial charge >= 0.3 is 12.1 Å². The first-order valence-corrected chi connectivity index (χ1v) is 15.2. The van der Waals surface area contributed by atoms with E-state index in [-0.39, 0.29) is 31.2 Å². The van der Waals surface area contributed by atoms with E-state index in [4.69, 9.17) is 4.74 Å². The molecule has 1 N–H and O–H groups in total. The van der Waals surface area contributed by atoms with Gasteiger partial charge in [0.2, 0.25) is 0 Å². The van der Waals surface area contributed by atoms with Crippen LogP contribution in [0.1, 0.15) is 49.7 Å². The van der Waals surface area contributed by atoms with Crippen LogP contribution in [0.2, 0.25) is 0 Å². The topological polar surface area (TPSA) is 90.9 Å². The lowest BCUT2D eigenvalue weighted by molar-refractivity contribution is -0.177. The number of hydrogen-bond donors (Lipinski definition) is 1. The third-order valence-electron chi connectivity index (χ3n) is 7.90. The molecule has 2 saturated heterocycles. The smallest absolute Gasteiger partial charge is 0.404 e. The van der Waals surface area contributed by atoms with Crippen LogP contribution in [0.3, 0.4) is 0 Å². The molecule has 2 fully saturated rings. The lowest BCUT2D eigenvalue weighted by Crippen LogP contribution is -2.49. The highest BCUT2D eigenvalue weighted by atomic mass is 19.4. The third kappa shape index (κ3) is 8.58. The Labute approximate surface area is 261 Å². The number of benzene rings is 2. The van der Waals surface area contributed by atoms with Gasteiger partial charge in [-0.2, -0.15) is 13.2 Å². The van der Waals surface area contributed by atoms with Crippen molar-refractivity contribution in [3.63, 3.8) is 0 Å². The van der Waals surface area contributed by atoms with E-state index in [2.05, 4.69) is 15.3 Å². The molecule has 2 aliphatic rings. The van der Waals surface area contributed by atoms with Crippen LogP contribution in [0.15, 0.2) is 60.9 Å². The fourth-order valence-electron chi connectivity index (χ4n) is 5.79. The molecule has 240 valence electrons. The SMILES string of the molecule is CC(C)(C)OC(=O)CN1CCN(c2cnc(C(=O)Nc3ccc(-c4ccccc4)c(CN4CCC[C@H]4C(F)(F)F)c3)cn2)CC1. The second-order valence-corrected chi connectivity index (χ2v) is 12.5. The van der Waals surface area contributed by atoms with Crippen LogP contribution in [-0.2, 0) is 16.1 Å². The molecule has 2 aromatic carbocycles. The fraction of sp³-hybridized carbons (Fsp3) is 0.455. The molecule has 0 spiro atoms. The first kappa shape index (κ1) is 32.4. The van der Waals surface area contributed by atoms with Gasteiger partial charge in [0, 0.05) is 38.4 Å². The summed E-state index contributed by atoms with van der Waals surface area (Å²) in [4.78, 5) is 39.6. The molecule has 1 atom stereocenters. The predicted molar refractivity (Wildman–Crippen MR) is 166 cm³/mol. The molecule has 0 unspecified atom stereocenters. The quantitative estimate of drug-likeness (QED) is 0.334. The predicted octanol–water partition coefficient (Wildman–Crippen LogP) is 5.39. The average molecular weight is 625 g/mol. The van der Waals surface area contributed by atoms with E-state index in [1.807, 2.05) is 67.0 Å². The maximum atomic E-state index is 13.7. The van der Waals surface area contributed by atoms with Crippen molar-refractivity contribution in [2.24, 2.45) is 0 Å². The number of carbonyl (C=O) groups excluding carboxylic acids is 2. The molecule has 5 rings (SSSR count). The summed E-state index contributed by atoms with van der Waals surface area (Å²) in [6.07, 6.45) is -0.773. The summed E-state index contributed by atoms with van der Waals surface area (Å²) in [5.74, 6) is -0.0961. The maximum absolute atomic E-state index is 13.7. The number of nitrogens with zero attached hydrogens (tertiary/aromatic N) is 5. The number of alkyl halides is 3. The largest absolute Gasteiger partial charge is 0.459 e. The van der Waals surface area contributed by atoms with Crippen molar-refractivity contribution < 1.29 is 27.5 Å². The van der Waals surface area contributed by atoms with Gasteiger partial charge in [-0.3, -0.25) is 19.4 Å². The van der Waals surface area contributed by atoms with Gasteiger partial charge in [0.05, 0.1) is 18.9 Å². The third-order valence-corrected chi connectivity index (χ3v) is 7.90. The number of likely N-dealkylation sites (tertiary alicyclic amines) is 1. The summed E-state index contributed by atoms with van der Waals surface area (Å²) in [6.45, 7) is 8.83. The van der Waals surface area contributed by atoms with E-state index < -0.39 is 23.7 Å². The molecule has 12 heteroatoms. The number of ether oxygens (including phenoxy) is 1. The summed E-state index contributed by atoms with van der Waals surface area (Å²) in [6, 6.07) is 13.3. The molecule has 3 heterocycles. The standard InChI is InChI=1S/C33H39F3N6O3/c1-32(2,3)45-30(43)22-40-14-16-41(17-15-40)29-20-37-27(19-38-29)31(44)39-25-11-12-26(23-8-5-4-6-9-23)24(18-25)21-42-13-7-10-28(42)33(34,35)36/h4-6,8-9,11-12,18-20,28H,7,10,13-17,21-22H2,1-3H3,(H,39,44)/t28-/m0/s1. The highest BCUT2D eigenvalue weighted by Crippen LogP contribution is 2.36. The number of rotatable bonds is 8. The molecule has 0 saturated carbocycles. The average Bonchev–Trinajstić information content (AvgIpc) is 3.46. The summed E-state index contributed by atoms with van der Waals surface area (Å²) >= 11 is 0. The van der Waals surface area contributed by atoms with Gasteiger partial charge in [-0.1, -0.05) is 36.4 Å². The van der Waals surface area contributed by atoms with Gasteiger partial charge in [0.25, 0.3) is 5.91 Å². The minimum absolute atomic E-state index is 0.0804. The summed E-state index contributed by atoms with van der Waals surface area (Å²) in [5, 5.41) is 2.84. The molecular formula is C33H39F3N6O3. The Bertz CT molecular complexity index is 1470. The highest BCUT2D eigenvalue weighted by Gasteiger charge is 2.45. The Balaban J connectivity index is 1.23. The van der Waals surface area contributed by atoms with Gasteiger partial charge in [0.1, 0.15) is 23.2 Å². The molecular weight excluding hydrogens is 585 g/mol. The Hall–Kier alpha value is -4.03. The lowest BCUT2D eigenvalue weighted by Gasteiger charge is -2.35. The van der Waals surface area contributed by atoms with Crippen molar-refractivity contribution >= 4 is 23.4 Å². The van der Waals surface area contributed by atoms with Crippen molar-refractivity contribution in [3.8, 4) is 11.1 Å². The number of piperazine rings is 1. The van der Waals surface area contributed by atoms with Crippen LogP contribution in [0.25, 0.3) is 11.1 Å². The minimum Gasteiger partial charge on any atom is -0.459 e. The second-order valence-electron chi connectivity index (χ2n) is 12.5. The summed E-state index contributed by atoms with van der Waals surface area (Å²) in [7, 11) is 0. The Morgan fingerprint density at radius 2 is 1.69 bits per heavy atom. The van der Waals surface area contributed by atoms with Crippen LogP contribution < -0.4 is 10.2 Å². The zero-order valence-electron chi connectivity index (χ0n) is 25.8. The van der Waals surface area contributed by atoms with Crippen molar-refractivity contribution in [1.29, 1.82) is 0 Å². The van der Waals surface area contributed by atoms with Crippen molar-refractivity contribution in [2.45, 2.75) is 58.0 Å². The van der Waals surface area contributed by atoms with E-state index in [1.54, 1.807) is 18.3 Å². The van der Waals surface area contributed by atoms with Crippen molar-refractivity contribution in [3.05, 3.63) is 72.2 Å². The zero-order valence-corrected chi connectivity index (χ0v) is 25.8. The maximum Gasteiger partial charge on any atom is 0.404 e. The number of halogens is 3. The molecule has 1 aromatic heterocycles. The Morgan fingerprint density at radius 3 is 2.33 bits per heavy atom. The zero-order chi connectivity index (χ0) is 32.2. The first-order chi connectivity index (χ1) is 21.4. The number of anilines is 2. The van der Waals surface area contributed by atoms with E-state index in [1.165, 1.54) is 11.1 Å². The number of esters is 1. The molecule has 3 aromatic rings. The number of hydrogen-bond acceptors (Lipinski definition) is 8. The minimum atomic E-state index is -4.30.